The van der Waals surface area contributed by atoms with E-state index in [1.165, 1.54) is 7.11 Å². The average molecular weight is 443 g/mol. The van der Waals surface area contributed by atoms with Gasteiger partial charge < -0.3 is 15.0 Å². The predicted octanol–water partition coefficient (Wildman–Crippen LogP) is 3.63. The number of piperidine rings is 1. The van der Waals surface area contributed by atoms with Crippen LogP contribution in [0.3, 0.4) is 0 Å². The van der Waals surface area contributed by atoms with E-state index in [9.17, 15) is 26.4 Å². The average Bonchev–Trinajstić information content (AvgIpc) is 2.73. The Morgan fingerprint density at radius 1 is 1.17 bits per heavy atom. The first kappa shape index (κ1) is 21.9. The lowest BCUT2D eigenvalue weighted by Gasteiger charge is -2.29. The van der Waals surface area contributed by atoms with Crippen molar-refractivity contribution in [1.29, 1.82) is 0 Å². The van der Waals surface area contributed by atoms with Gasteiger partial charge in [0.25, 0.3) is 15.7 Å². The van der Waals surface area contributed by atoms with Crippen LogP contribution in [0.15, 0.2) is 41.4 Å². The molecule has 1 aliphatic heterocycles. The van der Waals surface area contributed by atoms with E-state index < -0.39 is 26.1 Å². The van der Waals surface area contributed by atoms with Crippen molar-refractivity contribution < 1.29 is 31.1 Å². The van der Waals surface area contributed by atoms with Crippen molar-refractivity contribution in [3.8, 4) is 5.75 Å². The fourth-order valence-electron chi connectivity index (χ4n) is 3.21. The fourth-order valence-corrected chi connectivity index (χ4v) is 3.99. The highest BCUT2D eigenvalue weighted by molar-refractivity contribution is 7.92. The molecule has 30 heavy (non-hydrogen) atoms. The molecule has 162 valence electrons. The molecule has 11 heteroatoms. The van der Waals surface area contributed by atoms with Crippen LogP contribution in [0.5, 0.6) is 5.75 Å². The fraction of sp³-hybridized carbons (Fsp3) is 0.368. The van der Waals surface area contributed by atoms with Crippen molar-refractivity contribution in [1.82, 2.24) is 4.98 Å². The number of rotatable bonds is 5. The zero-order chi connectivity index (χ0) is 21.9. The summed E-state index contributed by atoms with van der Waals surface area (Å²) in [5.41, 5.74) is -5.43. The van der Waals surface area contributed by atoms with E-state index in [2.05, 4.69) is 10.3 Å². The highest BCUT2D eigenvalue weighted by atomic mass is 32.2. The number of aromatic nitrogens is 1. The Balaban J connectivity index is 1.95. The second kappa shape index (κ2) is 8.50. The van der Waals surface area contributed by atoms with Gasteiger partial charge in [-0.25, -0.2) is 13.4 Å². The number of carbonyl (C=O) groups is 1. The third-order valence-electron chi connectivity index (χ3n) is 4.72. The number of anilines is 2. The predicted molar refractivity (Wildman–Crippen MR) is 104 cm³/mol. The number of amides is 1. The number of benzene rings is 1. The van der Waals surface area contributed by atoms with Gasteiger partial charge in [-0.3, -0.25) is 4.79 Å². The van der Waals surface area contributed by atoms with Gasteiger partial charge >= 0.3 is 5.51 Å². The summed E-state index contributed by atoms with van der Waals surface area (Å²) in [5.74, 6) is -0.149. The monoisotopic (exact) mass is 443 g/mol. The van der Waals surface area contributed by atoms with Gasteiger partial charge in [-0.15, -0.1) is 0 Å². The number of nitrogens with one attached hydrogen (secondary N) is 1. The van der Waals surface area contributed by atoms with E-state index >= 15 is 0 Å². The Kier molecular flexibility index (Phi) is 6.20. The summed E-state index contributed by atoms with van der Waals surface area (Å²) in [7, 11) is -4.32. The standard InChI is InChI=1S/C19H20F3N3O4S/c1-29-16-8-7-13(30(27,28)19(20,21)22)12-15(16)24-18(26)14-6-5-9-23-17(14)25-10-3-2-4-11-25/h5-9,12H,2-4,10-11H2,1H3,(H,24,26). The number of alkyl halides is 3. The van der Waals surface area contributed by atoms with Crippen LogP contribution in [-0.2, 0) is 9.84 Å². The minimum atomic E-state index is -5.58. The molecule has 7 nitrogen and oxygen atoms in total. The molecule has 0 bridgehead atoms. The Morgan fingerprint density at radius 2 is 1.87 bits per heavy atom. The lowest BCUT2D eigenvalue weighted by Crippen LogP contribution is -2.32. The first-order chi connectivity index (χ1) is 14.1. The van der Waals surface area contributed by atoms with Gasteiger partial charge in [-0.1, -0.05) is 0 Å². The van der Waals surface area contributed by atoms with Crippen molar-refractivity contribution in [3.63, 3.8) is 0 Å². The largest absolute Gasteiger partial charge is 0.501 e. The summed E-state index contributed by atoms with van der Waals surface area (Å²) >= 11 is 0. The summed E-state index contributed by atoms with van der Waals surface area (Å²) in [6.07, 6.45) is 4.56. The zero-order valence-corrected chi connectivity index (χ0v) is 16.9. The van der Waals surface area contributed by atoms with Gasteiger partial charge in [0, 0.05) is 19.3 Å². The van der Waals surface area contributed by atoms with E-state index in [0.29, 0.717) is 5.82 Å². The van der Waals surface area contributed by atoms with E-state index in [4.69, 9.17) is 4.74 Å². The Morgan fingerprint density at radius 3 is 2.50 bits per heavy atom. The maximum Gasteiger partial charge on any atom is 0.501 e. The zero-order valence-electron chi connectivity index (χ0n) is 16.1. The molecular weight excluding hydrogens is 423 g/mol. The van der Waals surface area contributed by atoms with Crippen molar-refractivity contribution in [2.24, 2.45) is 0 Å². The molecule has 0 atom stereocenters. The molecule has 2 aromatic rings. The molecule has 0 spiro atoms. The van der Waals surface area contributed by atoms with Gasteiger partial charge in [0.2, 0.25) is 0 Å². The molecule has 0 unspecified atom stereocenters. The highest BCUT2D eigenvalue weighted by Gasteiger charge is 2.47. The summed E-state index contributed by atoms with van der Waals surface area (Å²) < 4.78 is 67.2. The molecular formula is C19H20F3N3O4S. The molecule has 0 saturated carbocycles. The van der Waals surface area contributed by atoms with Crippen LogP contribution in [-0.4, -0.2) is 45.0 Å². The molecule has 1 aromatic carbocycles. The van der Waals surface area contributed by atoms with E-state index in [1.807, 2.05) is 4.90 Å². The smallest absolute Gasteiger partial charge is 0.495 e. The number of hydrogen-bond donors (Lipinski definition) is 1. The van der Waals surface area contributed by atoms with Crippen molar-refractivity contribution in [3.05, 3.63) is 42.1 Å². The van der Waals surface area contributed by atoms with Crippen LogP contribution >= 0.6 is 0 Å². The molecule has 1 saturated heterocycles. The van der Waals surface area contributed by atoms with E-state index in [0.717, 1.165) is 50.6 Å². The first-order valence-electron chi connectivity index (χ1n) is 9.16. The van der Waals surface area contributed by atoms with Gasteiger partial charge in [0.05, 0.1) is 23.3 Å². The molecule has 1 N–H and O–H groups in total. The third-order valence-corrected chi connectivity index (χ3v) is 6.21. The van der Waals surface area contributed by atoms with Crippen LogP contribution < -0.4 is 15.0 Å². The van der Waals surface area contributed by atoms with Crippen LogP contribution in [0.4, 0.5) is 24.7 Å². The van der Waals surface area contributed by atoms with Crippen molar-refractivity contribution in [2.45, 2.75) is 29.7 Å². The van der Waals surface area contributed by atoms with Crippen LogP contribution in [0.2, 0.25) is 0 Å². The number of pyridine rings is 1. The van der Waals surface area contributed by atoms with E-state index in [-0.39, 0.29) is 17.0 Å². The van der Waals surface area contributed by atoms with Crippen LogP contribution in [0.1, 0.15) is 29.6 Å². The maximum absolute atomic E-state index is 12.9. The van der Waals surface area contributed by atoms with Crippen molar-refractivity contribution >= 4 is 27.2 Å². The number of halogens is 3. The molecule has 1 fully saturated rings. The number of hydrogen-bond acceptors (Lipinski definition) is 6. The summed E-state index contributed by atoms with van der Waals surface area (Å²) in [5, 5.41) is 2.46. The second-order valence-electron chi connectivity index (χ2n) is 6.69. The number of sulfone groups is 1. The normalized spacial score (nSPS) is 15.0. The molecule has 0 aliphatic carbocycles. The highest BCUT2D eigenvalue weighted by Crippen LogP contribution is 2.35. The second-order valence-corrected chi connectivity index (χ2v) is 8.63. The molecule has 1 amide bonds. The number of methoxy groups -OCH3 is 1. The van der Waals surface area contributed by atoms with Crippen LogP contribution in [0, 0.1) is 0 Å². The molecule has 3 rings (SSSR count). The molecule has 0 radical (unpaired) electrons. The molecule has 1 aliphatic rings. The number of carbonyl (C=O) groups excluding carboxylic acids is 1. The Bertz CT molecular complexity index is 1040. The third kappa shape index (κ3) is 4.35. The molecule has 1 aromatic heterocycles. The van der Waals surface area contributed by atoms with Crippen LogP contribution in [0.25, 0.3) is 0 Å². The van der Waals surface area contributed by atoms with Crippen molar-refractivity contribution in [2.75, 3.05) is 30.4 Å². The minimum absolute atomic E-state index is 0.0212. The lowest BCUT2D eigenvalue weighted by atomic mass is 10.1. The summed E-state index contributed by atoms with van der Waals surface area (Å²) in [4.78, 5) is 18.2. The Hall–Kier alpha value is -2.82. The van der Waals surface area contributed by atoms with Gasteiger partial charge in [0.15, 0.2) is 0 Å². The lowest BCUT2D eigenvalue weighted by molar-refractivity contribution is -0.0436. The van der Waals surface area contributed by atoms with Gasteiger partial charge in [-0.05, 0) is 49.6 Å². The topological polar surface area (TPSA) is 88.6 Å². The number of nitrogens with zero attached hydrogens (tertiary/aromatic N) is 2. The minimum Gasteiger partial charge on any atom is -0.495 e. The number of ether oxygens (including phenoxy) is 1. The summed E-state index contributed by atoms with van der Waals surface area (Å²) in [6.45, 7) is 1.47. The molecule has 2 heterocycles. The maximum atomic E-state index is 12.9. The van der Waals surface area contributed by atoms with Gasteiger partial charge in [-0.2, -0.15) is 13.2 Å². The Labute approximate surface area is 171 Å². The van der Waals surface area contributed by atoms with Gasteiger partial charge in [0.1, 0.15) is 11.6 Å². The quantitative estimate of drug-likeness (QED) is 0.759. The SMILES string of the molecule is COc1ccc(S(=O)(=O)C(F)(F)F)cc1NC(=O)c1cccnc1N1CCCCC1. The van der Waals surface area contributed by atoms with E-state index in [1.54, 1.807) is 18.3 Å². The summed E-state index contributed by atoms with van der Waals surface area (Å²) in [6, 6.07) is 5.69. The first-order valence-corrected chi connectivity index (χ1v) is 10.6.